The van der Waals surface area contributed by atoms with Crippen LogP contribution in [0.25, 0.3) is 0 Å². The van der Waals surface area contributed by atoms with Gasteiger partial charge in [-0.15, -0.1) is 20.2 Å². The van der Waals surface area contributed by atoms with Gasteiger partial charge in [0.2, 0.25) is 0 Å². The molecular formula is C5H16N4O6. The van der Waals surface area contributed by atoms with Gasteiger partial charge in [-0.2, -0.15) is 0 Å². The Morgan fingerprint density at radius 2 is 1.07 bits per heavy atom. The summed E-state index contributed by atoms with van der Waals surface area (Å²) in [6, 6.07) is 0. The van der Waals surface area contributed by atoms with Crippen LogP contribution in [0.4, 0.5) is 0 Å². The van der Waals surface area contributed by atoms with E-state index in [1.54, 1.807) is 0 Å². The van der Waals surface area contributed by atoms with Crippen molar-refractivity contribution in [1.82, 2.24) is 0 Å². The van der Waals surface area contributed by atoms with Gasteiger partial charge in [0.15, 0.2) is 0 Å². The second kappa shape index (κ2) is 18.2. The molecule has 0 amide bonds. The predicted molar refractivity (Wildman–Crippen MR) is 49.5 cm³/mol. The summed E-state index contributed by atoms with van der Waals surface area (Å²) in [5.74, 6) is 0. The summed E-state index contributed by atoms with van der Waals surface area (Å²) in [6.45, 7) is 1.61. The lowest BCUT2D eigenvalue weighted by Gasteiger charge is -1.91. The van der Waals surface area contributed by atoms with E-state index in [2.05, 4.69) is 0 Å². The van der Waals surface area contributed by atoms with Crippen molar-refractivity contribution in [3.05, 3.63) is 20.2 Å². The molecule has 0 atom stereocenters. The van der Waals surface area contributed by atoms with Crippen LogP contribution in [0, 0.1) is 20.2 Å². The van der Waals surface area contributed by atoms with Gasteiger partial charge >= 0.3 is 0 Å². The summed E-state index contributed by atoms with van der Waals surface area (Å²) < 4.78 is 0. The van der Waals surface area contributed by atoms with Crippen molar-refractivity contribution in [2.24, 2.45) is 11.5 Å². The average Bonchev–Trinajstić information content (AvgIpc) is 2.03. The zero-order chi connectivity index (χ0) is 12.7. The van der Waals surface area contributed by atoms with Crippen molar-refractivity contribution in [1.29, 1.82) is 0 Å². The normalized spacial score (nSPS) is 7.60. The van der Waals surface area contributed by atoms with Gasteiger partial charge in [-0.1, -0.05) is 6.42 Å². The molecule has 15 heavy (non-hydrogen) atoms. The summed E-state index contributed by atoms with van der Waals surface area (Å²) in [5, 5.41) is 27.3. The summed E-state index contributed by atoms with van der Waals surface area (Å²) in [7, 11) is 0. The summed E-state index contributed by atoms with van der Waals surface area (Å²) in [5.41, 5.74) is 10.5. The third-order valence-corrected chi connectivity index (χ3v) is 0.908. The number of rotatable bonds is 4. The molecule has 0 aliphatic heterocycles. The van der Waals surface area contributed by atoms with Gasteiger partial charge in [0.25, 0.3) is 10.2 Å². The fraction of sp³-hybridized carbons (Fsp3) is 1.00. The lowest BCUT2D eigenvalue weighted by atomic mass is 10.2. The maximum Gasteiger partial charge on any atom is 0.291 e. The Morgan fingerprint density at radius 3 is 1.20 bits per heavy atom. The van der Waals surface area contributed by atoms with Crippen molar-refractivity contribution in [3.63, 3.8) is 0 Å². The zero-order valence-electron chi connectivity index (χ0n) is 8.11. The van der Waals surface area contributed by atoms with Gasteiger partial charge in [0, 0.05) is 0 Å². The van der Waals surface area contributed by atoms with E-state index in [9.17, 15) is 0 Å². The first-order valence-corrected chi connectivity index (χ1v) is 3.95. The maximum atomic E-state index is 8.36. The highest BCUT2D eigenvalue weighted by Crippen LogP contribution is 1.88. The number of hydrogen-bond donors (Lipinski definition) is 4. The minimum Gasteiger partial charge on any atom is -0.330 e. The van der Waals surface area contributed by atoms with Gasteiger partial charge in [0.1, 0.15) is 0 Å². The molecule has 0 saturated heterocycles. The molecule has 0 aliphatic carbocycles. The maximum absolute atomic E-state index is 8.36. The Labute approximate surface area is 85.7 Å². The summed E-state index contributed by atoms with van der Waals surface area (Å²) in [6.07, 6.45) is 3.43. The smallest absolute Gasteiger partial charge is 0.291 e. The minimum absolute atomic E-state index is 0.806. The van der Waals surface area contributed by atoms with E-state index in [4.69, 9.17) is 42.1 Å². The topological polar surface area (TPSA) is 179 Å². The van der Waals surface area contributed by atoms with Gasteiger partial charge < -0.3 is 21.9 Å². The van der Waals surface area contributed by atoms with Crippen molar-refractivity contribution in [2.75, 3.05) is 13.1 Å². The molecule has 10 nitrogen and oxygen atoms in total. The van der Waals surface area contributed by atoms with E-state index in [0.717, 1.165) is 25.9 Å². The highest BCUT2D eigenvalue weighted by atomic mass is 16.9. The molecule has 0 bridgehead atoms. The van der Waals surface area contributed by atoms with Crippen molar-refractivity contribution in [2.45, 2.75) is 19.3 Å². The Kier molecular flexibility index (Phi) is 23.0. The molecule has 0 saturated carbocycles. The Bertz CT molecular complexity index is 130. The second-order valence-electron chi connectivity index (χ2n) is 2.11. The monoisotopic (exact) mass is 228 g/mol. The Balaban J connectivity index is -0.000000155. The van der Waals surface area contributed by atoms with Crippen LogP contribution in [0.2, 0.25) is 0 Å². The van der Waals surface area contributed by atoms with Crippen LogP contribution < -0.4 is 11.5 Å². The second-order valence-corrected chi connectivity index (χ2v) is 2.11. The van der Waals surface area contributed by atoms with E-state index < -0.39 is 10.2 Å². The first-order valence-electron chi connectivity index (χ1n) is 3.95. The van der Waals surface area contributed by atoms with Crippen LogP contribution in [0.3, 0.4) is 0 Å². The molecule has 0 aromatic rings. The van der Waals surface area contributed by atoms with Crippen LogP contribution in [-0.4, -0.2) is 33.7 Å². The number of nitrogens with two attached hydrogens (primary N) is 2. The number of unbranched alkanes of at least 4 members (excludes halogenated alkanes) is 2. The van der Waals surface area contributed by atoms with Gasteiger partial charge in [-0.25, -0.2) is 0 Å². The standard InChI is InChI=1S/C5H14N2.2HNO3/c6-4-2-1-3-5-7;2*2-1(3)4/h1-7H2;2*(H,2,3,4). The van der Waals surface area contributed by atoms with Crippen molar-refractivity contribution < 1.29 is 20.6 Å². The quantitative estimate of drug-likeness (QED) is 0.279. The van der Waals surface area contributed by atoms with Gasteiger partial charge in [-0.05, 0) is 25.9 Å². The van der Waals surface area contributed by atoms with Crippen LogP contribution in [0.1, 0.15) is 19.3 Å². The number of hydrogen-bond acceptors (Lipinski definition) is 6. The number of nitrogens with zero attached hydrogens (tertiary/aromatic N) is 2. The molecule has 0 aromatic carbocycles. The van der Waals surface area contributed by atoms with E-state index in [1.165, 1.54) is 6.42 Å². The average molecular weight is 228 g/mol. The molecule has 0 radical (unpaired) electrons. The molecule has 6 N–H and O–H groups in total. The third-order valence-electron chi connectivity index (χ3n) is 0.908. The minimum atomic E-state index is -1.50. The van der Waals surface area contributed by atoms with E-state index in [1.807, 2.05) is 0 Å². The molecule has 10 heteroatoms. The molecule has 0 rings (SSSR count). The fourth-order valence-electron chi connectivity index (χ4n) is 0.465. The zero-order valence-corrected chi connectivity index (χ0v) is 8.11. The van der Waals surface area contributed by atoms with E-state index in [0.29, 0.717) is 0 Å². The van der Waals surface area contributed by atoms with Crippen LogP contribution in [-0.2, 0) is 0 Å². The van der Waals surface area contributed by atoms with Gasteiger partial charge in [0.05, 0.1) is 0 Å². The molecule has 0 fully saturated rings. The Morgan fingerprint density at radius 1 is 0.867 bits per heavy atom. The first-order chi connectivity index (χ1) is 6.88. The largest absolute Gasteiger partial charge is 0.330 e. The molecule has 0 spiro atoms. The lowest BCUT2D eigenvalue weighted by molar-refractivity contribution is -0.742. The van der Waals surface area contributed by atoms with E-state index >= 15 is 0 Å². The lowest BCUT2D eigenvalue weighted by Crippen LogP contribution is -2.02. The highest BCUT2D eigenvalue weighted by Gasteiger charge is 1.80. The highest BCUT2D eigenvalue weighted by molar-refractivity contribution is 4.41. The van der Waals surface area contributed by atoms with Crippen molar-refractivity contribution >= 4 is 0 Å². The molecule has 0 aliphatic rings. The van der Waals surface area contributed by atoms with E-state index in [-0.39, 0.29) is 0 Å². The molecular weight excluding hydrogens is 212 g/mol. The van der Waals surface area contributed by atoms with Crippen molar-refractivity contribution in [3.8, 4) is 0 Å². The predicted octanol–water partition coefficient (Wildman–Crippen LogP) is -0.621. The molecule has 0 unspecified atom stereocenters. The molecule has 92 valence electrons. The van der Waals surface area contributed by atoms with Crippen LogP contribution >= 0.6 is 0 Å². The molecule has 0 aromatic heterocycles. The van der Waals surface area contributed by atoms with Gasteiger partial charge in [-0.3, -0.25) is 0 Å². The summed E-state index contributed by atoms with van der Waals surface area (Å²) >= 11 is 0. The third kappa shape index (κ3) is 244. The first kappa shape index (κ1) is 19.0. The summed E-state index contributed by atoms with van der Waals surface area (Å²) in [4.78, 5) is 16.7. The van der Waals surface area contributed by atoms with Crippen LogP contribution in [0.5, 0.6) is 0 Å². The Hall–Kier alpha value is -1.68. The van der Waals surface area contributed by atoms with Crippen LogP contribution in [0.15, 0.2) is 0 Å². The SMILES string of the molecule is NCCCCCN.O=[N+]([O-])O.O=[N+]([O-])O. The molecule has 0 heterocycles. The fourth-order valence-corrected chi connectivity index (χ4v) is 0.465.